The predicted octanol–water partition coefficient (Wildman–Crippen LogP) is 17.0. The van der Waals surface area contributed by atoms with Crippen LogP contribution in [0.2, 0.25) is 0 Å². The number of carbonyl (C=O) groups excluding carboxylic acids is 2. The van der Waals surface area contributed by atoms with Crippen LogP contribution < -0.4 is 39.5 Å². The number of halogens is 1. The van der Waals surface area contributed by atoms with Gasteiger partial charge in [-0.15, -0.1) is 11.8 Å². The summed E-state index contributed by atoms with van der Waals surface area (Å²) >= 11 is 1.68. The lowest BCUT2D eigenvalue weighted by Crippen LogP contribution is -3.00. The number of hydrogen-bond donors (Lipinski definition) is 6. The van der Waals surface area contributed by atoms with Gasteiger partial charge in [0.25, 0.3) is 0 Å². The molecule has 4 heterocycles. The number of aromatic nitrogens is 3. The normalized spacial score (nSPS) is 31.1. The van der Waals surface area contributed by atoms with Gasteiger partial charge < -0.3 is 38.2 Å². The third-order valence-corrected chi connectivity index (χ3v) is 31.6. The highest BCUT2D eigenvalue weighted by Crippen LogP contribution is 2.69. The Hall–Kier alpha value is -3.39. The van der Waals surface area contributed by atoms with Gasteiger partial charge in [-0.2, -0.15) is 0 Å². The number of nitrogens with two attached hydrogens (primary N) is 2. The molecule has 7 fully saturated rings. The molecule has 1 saturated heterocycles. The second kappa shape index (κ2) is 41.3. The third-order valence-electron chi connectivity index (χ3n) is 26.0. The molecule has 2 amide bonds. The first-order valence-electron chi connectivity index (χ1n) is 39.5. The summed E-state index contributed by atoms with van der Waals surface area (Å²) in [4.78, 5) is 40.8. The van der Waals surface area contributed by atoms with E-state index in [1.807, 2.05) is 60.8 Å². The minimum Gasteiger partial charge on any atom is -1.00 e. The molecule has 9 aliphatic rings. The van der Waals surface area contributed by atoms with Crippen molar-refractivity contribution in [2.45, 2.75) is 263 Å². The van der Waals surface area contributed by atoms with Gasteiger partial charge in [-0.25, -0.2) is 24.5 Å². The second-order valence-corrected chi connectivity index (χ2v) is 39.1. The van der Waals surface area contributed by atoms with E-state index in [1.54, 1.807) is 78.5 Å². The largest absolute Gasteiger partial charge is 1.00 e. The number of amides is 2. The van der Waals surface area contributed by atoms with Crippen LogP contribution in [0.25, 0.3) is 0 Å². The summed E-state index contributed by atoms with van der Waals surface area (Å²) in [6.45, 7) is 27.1. The lowest BCUT2D eigenvalue weighted by molar-refractivity contribution is -0.457. The van der Waals surface area contributed by atoms with E-state index in [4.69, 9.17) is 26.4 Å². The SMILES string of the molecule is CC(C)CCCC(C)C1CCC2C3CC=C4CC(OC(=O)NCCN)CCC4(C)C3CCC12C.CC(C)CCCC(C)C1CCC2C3CC=C4CC(OC(=O)NCC[NH+]=C(N)CCCSSc5ccccn5)CCC4(C)C3CCC12C.N=C1CCCS1.[Cl-].c1ccc(SSc2ccccn2)nc1. The number of carbonyl (C=O) groups is 2. The van der Waals surface area contributed by atoms with Crippen LogP contribution in [0, 0.1) is 98.1 Å². The van der Waals surface area contributed by atoms with Crippen LogP contribution in [-0.2, 0) is 9.47 Å². The Kier molecular flexibility index (Phi) is 34.1. The van der Waals surface area contributed by atoms with Crippen LogP contribution in [0.15, 0.2) is 112 Å². The molecule has 3 aromatic rings. The van der Waals surface area contributed by atoms with Crippen LogP contribution in [0.4, 0.5) is 9.59 Å². The summed E-state index contributed by atoms with van der Waals surface area (Å²) < 4.78 is 11.7. The van der Waals surface area contributed by atoms with Crippen LogP contribution in [0.3, 0.4) is 0 Å². The molecule has 0 bridgehead atoms. The average molecular weight is 1510 g/mol. The monoisotopic (exact) mass is 1510 g/mol. The first kappa shape index (κ1) is 84.2. The first-order valence-corrected chi connectivity index (χ1v) is 45.0. The van der Waals surface area contributed by atoms with Gasteiger partial charge in [-0.1, -0.05) is 160 Å². The number of rotatable bonds is 26. The van der Waals surface area contributed by atoms with Gasteiger partial charge in [-0.3, -0.25) is 16.1 Å². The molecule has 0 aromatic carbocycles. The predicted molar refractivity (Wildman–Crippen MR) is 428 cm³/mol. The number of amidine groups is 1. The zero-order valence-corrected chi connectivity index (χ0v) is 68.7. The van der Waals surface area contributed by atoms with Gasteiger partial charge in [0, 0.05) is 56.7 Å². The molecule has 0 spiro atoms. The quantitative estimate of drug-likeness (QED) is 0.0146. The molecular formula is C83H130ClN9O4S5. The lowest BCUT2D eigenvalue weighted by Gasteiger charge is -2.58. The van der Waals surface area contributed by atoms with Crippen molar-refractivity contribution in [2.75, 3.05) is 37.7 Å². The Morgan fingerprint density at radius 3 is 1.50 bits per heavy atom. The fourth-order valence-corrected chi connectivity index (χ4v) is 25.3. The molecule has 19 heteroatoms. The van der Waals surface area contributed by atoms with E-state index in [-0.39, 0.29) is 42.2 Å². The average Bonchev–Trinajstić information content (AvgIpc) is 1.41. The zero-order chi connectivity index (χ0) is 72.0. The van der Waals surface area contributed by atoms with E-state index < -0.39 is 0 Å². The molecule has 102 heavy (non-hydrogen) atoms. The third kappa shape index (κ3) is 23.1. The van der Waals surface area contributed by atoms with E-state index in [2.05, 4.69) is 112 Å². The molecular weight excluding hydrogens is 1380 g/mol. The summed E-state index contributed by atoms with van der Waals surface area (Å²) in [6.07, 6.45) is 42.4. The van der Waals surface area contributed by atoms with Gasteiger partial charge in [0.05, 0.1) is 11.6 Å². The van der Waals surface area contributed by atoms with Crippen molar-refractivity contribution in [1.29, 1.82) is 5.41 Å². The van der Waals surface area contributed by atoms with Crippen molar-refractivity contribution in [2.24, 2.45) is 104 Å². The number of pyridine rings is 3. The van der Waals surface area contributed by atoms with Gasteiger partial charge in [0.1, 0.15) is 33.8 Å². The van der Waals surface area contributed by atoms with Crippen molar-refractivity contribution in [3.63, 3.8) is 0 Å². The molecule has 8 N–H and O–H groups in total. The number of nitrogens with one attached hydrogen (secondary N) is 4. The number of alkyl carbamates (subject to hydrolysis) is 2. The van der Waals surface area contributed by atoms with Crippen molar-refractivity contribution in [1.82, 2.24) is 25.6 Å². The number of nitrogens with zero attached hydrogens (tertiary/aromatic N) is 3. The topological polar surface area (TPSA) is 205 Å². The summed E-state index contributed by atoms with van der Waals surface area (Å²) in [6, 6.07) is 17.7. The molecule has 6 saturated carbocycles. The van der Waals surface area contributed by atoms with Crippen molar-refractivity contribution < 1.29 is 36.5 Å². The molecule has 3 aromatic heterocycles. The Morgan fingerprint density at radius 2 is 1.09 bits per heavy atom. The number of ether oxygens (including phenoxy) is 2. The van der Waals surface area contributed by atoms with Gasteiger partial charge in [0.15, 0.2) is 0 Å². The fraction of sp³-hybridized carbons (Fsp3) is 0.723. The highest BCUT2D eigenvalue weighted by molar-refractivity contribution is 8.77. The number of thioether (sulfide) groups is 1. The van der Waals surface area contributed by atoms with E-state index in [0.29, 0.717) is 42.4 Å². The highest BCUT2D eigenvalue weighted by atomic mass is 35.5. The molecule has 12 rings (SSSR count). The van der Waals surface area contributed by atoms with Crippen molar-refractivity contribution >= 4 is 78.0 Å². The summed E-state index contributed by atoms with van der Waals surface area (Å²) in [5.41, 5.74) is 16.5. The van der Waals surface area contributed by atoms with Crippen molar-refractivity contribution in [3.05, 3.63) is 96.5 Å². The van der Waals surface area contributed by atoms with Gasteiger partial charge in [-0.05, 0) is 276 Å². The van der Waals surface area contributed by atoms with E-state index >= 15 is 0 Å². The minimum absolute atomic E-state index is 0. The molecule has 568 valence electrons. The maximum atomic E-state index is 12.7. The highest BCUT2D eigenvalue weighted by Gasteiger charge is 2.61. The Labute approximate surface area is 642 Å². The molecule has 1 aliphatic heterocycles. The second-order valence-electron chi connectivity index (χ2n) is 33.3. The van der Waals surface area contributed by atoms with Gasteiger partial charge in [0.2, 0.25) is 5.84 Å². The lowest BCUT2D eigenvalue weighted by atomic mass is 9.47. The Morgan fingerprint density at radius 1 is 0.618 bits per heavy atom. The summed E-state index contributed by atoms with van der Waals surface area (Å²) in [5.74, 6) is 13.2. The number of hydrogen-bond acceptors (Lipinski definition) is 14. The van der Waals surface area contributed by atoms with E-state index in [0.717, 1.165) is 161 Å². The van der Waals surface area contributed by atoms with E-state index in [9.17, 15) is 9.59 Å². The summed E-state index contributed by atoms with van der Waals surface area (Å²) in [7, 11) is 6.73. The molecule has 16 atom stereocenters. The zero-order valence-electron chi connectivity index (χ0n) is 63.8. The standard InChI is InChI=1S/C39H62N4O2S2.C30H52N2O2.C10H8N2S2.C4H7NS.ClH/c1-27(2)10-8-11-28(3)32-16-17-33-31-15-14-29-26-30(18-20-38(29,4)34(31)19-21-39(32,33)5)45-37(44)43-24-23-41-35(40)12-9-25-46-47-36-13-6-7-22-42-36;1-20(2)7-6-8-21(3)25-11-12-26-24-10-9-22-19-23(34-28(33)32-18-17-31)13-15-29(22,4)27(24)14-16-30(25,26)5;1-3-7-11-9(5-1)13-14-10-6-2-4-8-12-10;5-4-2-1-3-6-4;/h6-7,13-14,22,27-28,30-34H,8-12,15-21,23-26H2,1-5H3,(H2,40,41)(H,43,44);9,20-21,23-27H,6-8,10-19,31H2,1-5H3,(H,32,33);1-8H;5H,1-3H2;1H. The van der Waals surface area contributed by atoms with Crippen LogP contribution >= 0.6 is 54.9 Å². The van der Waals surface area contributed by atoms with Crippen molar-refractivity contribution in [3.8, 4) is 0 Å². The number of allylic oxidation sites excluding steroid dienone is 2. The molecule has 8 aliphatic carbocycles. The molecule has 16 unspecified atom stereocenters. The minimum atomic E-state index is -0.304. The number of fused-ring (bicyclic) bond motifs is 10. The van der Waals surface area contributed by atoms with Gasteiger partial charge >= 0.3 is 12.2 Å². The maximum absolute atomic E-state index is 12.7. The Bertz CT molecular complexity index is 3090. The van der Waals surface area contributed by atoms with Crippen LogP contribution in [-0.4, -0.2) is 87.9 Å². The summed E-state index contributed by atoms with van der Waals surface area (Å²) in [5, 5.41) is 16.6. The molecule has 0 radical (unpaired) electrons. The van der Waals surface area contributed by atoms with Crippen LogP contribution in [0.1, 0.15) is 236 Å². The smallest absolute Gasteiger partial charge is 0.407 e. The fourth-order valence-electron chi connectivity index (χ4n) is 20.7. The first-order chi connectivity index (χ1) is 48.6. The van der Waals surface area contributed by atoms with Crippen LogP contribution in [0.5, 0.6) is 0 Å². The van der Waals surface area contributed by atoms with E-state index in [1.165, 1.54) is 115 Å². The maximum Gasteiger partial charge on any atom is 0.407 e. The molecule has 13 nitrogen and oxygen atoms in total. The Balaban J connectivity index is 0.000000206.